The second kappa shape index (κ2) is 8.58. The van der Waals surface area contributed by atoms with E-state index in [9.17, 15) is 9.59 Å². The topological polar surface area (TPSA) is 79.5 Å². The van der Waals surface area contributed by atoms with E-state index in [0.29, 0.717) is 0 Å². The number of carbonyl (C=O) groups excluding carboxylic acids is 2. The number of esters is 1. The molecule has 6 heteroatoms. The largest absolute Gasteiger partial charge is 0.469 e. The maximum Gasteiger partial charge on any atom is 0.307 e. The summed E-state index contributed by atoms with van der Waals surface area (Å²) in [5, 5.41) is 9.75. The molecule has 3 rings (SSSR count). The van der Waals surface area contributed by atoms with Gasteiger partial charge in [0.15, 0.2) is 0 Å². The Morgan fingerprint density at radius 2 is 2.04 bits per heavy atom. The van der Waals surface area contributed by atoms with Gasteiger partial charge < -0.3 is 20.7 Å². The minimum Gasteiger partial charge on any atom is -0.469 e. The standard InChI is InChI=1S/C21H25N3O3/c1-14-4-3-5-16(10-14)19-13-23-18-11-15(6-7-17(18)24-19)12-20(25)22-9-8-21(26)27-2/h3-7,10-11,19,23-24H,8-9,12-13H2,1-2H3,(H,22,25)/t19-/m0/s1. The van der Waals surface area contributed by atoms with Crippen LogP contribution < -0.4 is 16.0 Å². The number of hydrogen-bond donors (Lipinski definition) is 3. The summed E-state index contributed by atoms with van der Waals surface area (Å²) < 4.78 is 4.55. The quantitative estimate of drug-likeness (QED) is 0.684. The Hall–Kier alpha value is -3.02. The van der Waals surface area contributed by atoms with Crippen molar-refractivity contribution in [3.63, 3.8) is 0 Å². The zero-order chi connectivity index (χ0) is 19.2. The molecule has 2 aromatic carbocycles. The second-order valence-electron chi connectivity index (χ2n) is 6.72. The van der Waals surface area contributed by atoms with Crippen molar-refractivity contribution in [2.75, 3.05) is 30.8 Å². The van der Waals surface area contributed by atoms with Gasteiger partial charge in [-0.15, -0.1) is 0 Å². The van der Waals surface area contributed by atoms with Crippen molar-refractivity contribution in [3.8, 4) is 0 Å². The van der Waals surface area contributed by atoms with E-state index >= 15 is 0 Å². The number of aryl methyl sites for hydroxylation is 1. The summed E-state index contributed by atoms with van der Waals surface area (Å²) in [5.41, 5.74) is 5.45. The molecule has 0 fully saturated rings. The Bertz CT molecular complexity index is 835. The van der Waals surface area contributed by atoms with Crippen LogP contribution in [0.3, 0.4) is 0 Å². The van der Waals surface area contributed by atoms with E-state index in [4.69, 9.17) is 0 Å². The lowest BCUT2D eigenvalue weighted by Crippen LogP contribution is -2.28. The minimum absolute atomic E-state index is 0.111. The molecular weight excluding hydrogens is 342 g/mol. The first-order chi connectivity index (χ1) is 13.0. The Balaban J connectivity index is 1.58. The number of methoxy groups -OCH3 is 1. The molecule has 2 aromatic rings. The molecule has 27 heavy (non-hydrogen) atoms. The highest BCUT2D eigenvalue weighted by Crippen LogP contribution is 2.32. The van der Waals surface area contributed by atoms with Crippen molar-refractivity contribution in [1.82, 2.24) is 5.32 Å². The van der Waals surface area contributed by atoms with E-state index in [1.54, 1.807) is 0 Å². The third kappa shape index (κ3) is 5.00. The summed E-state index contributed by atoms with van der Waals surface area (Å²) in [7, 11) is 1.34. The van der Waals surface area contributed by atoms with Crippen molar-refractivity contribution >= 4 is 23.3 Å². The summed E-state index contributed by atoms with van der Waals surface area (Å²) in [5.74, 6) is -0.442. The number of nitrogens with one attached hydrogen (secondary N) is 3. The molecule has 0 spiro atoms. The Labute approximate surface area is 159 Å². The van der Waals surface area contributed by atoms with E-state index in [-0.39, 0.29) is 37.3 Å². The average molecular weight is 367 g/mol. The molecule has 0 radical (unpaired) electrons. The maximum atomic E-state index is 12.0. The predicted octanol–water partition coefficient (Wildman–Crippen LogP) is 2.80. The first-order valence-corrected chi connectivity index (χ1v) is 9.08. The van der Waals surface area contributed by atoms with Crippen LogP contribution in [0.25, 0.3) is 0 Å². The number of rotatable bonds is 6. The van der Waals surface area contributed by atoms with Gasteiger partial charge >= 0.3 is 5.97 Å². The van der Waals surface area contributed by atoms with Crippen LogP contribution in [0, 0.1) is 6.92 Å². The molecule has 142 valence electrons. The van der Waals surface area contributed by atoms with Crippen LogP contribution >= 0.6 is 0 Å². The van der Waals surface area contributed by atoms with Gasteiger partial charge in [0.2, 0.25) is 5.91 Å². The molecular formula is C21H25N3O3. The fraction of sp³-hybridized carbons (Fsp3) is 0.333. The molecule has 0 saturated carbocycles. The van der Waals surface area contributed by atoms with E-state index in [1.165, 1.54) is 18.2 Å². The number of carbonyl (C=O) groups is 2. The molecule has 6 nitrogen and oxygen atoms in total. The third-order valence-corrected chi connectivity index (χ3v) is 4.60. The summed E-state index contributed by atoms with van der Waals surface area (Å²) in [6.45, 7) is 3.16. The van der Waals surface area contributed by atoms with E-state index in [2.05, 4.69) is 51.9 Å². The zero-order valence-electron chi connectivity index (χ0n) is 15.7. The molecule has 1 atom stereocenters. The van der Waals surface area contributed by atoms with Crippen molar-refractivity contribution in [3.05, 3.63) is 59.2 Å². The van der Waals surface area contributed by atoms with Gasteiger partial charge in [0.25, 0.3) is 0 Å². The van der Waals surface area contributed by atoms with Crippen LogP contribution in [-0.2, 0) is 20.7 Å². The molecule has 0 aliphatic carbocycles. The number of amides is 1. The summed E-state index contributed by atoms with van der Waals surface area (Å²) in [6, 6.07) is 14.6. The van der Waals surface area contributed by atoms with Crippen LogP contribution in [0.15, 0.2) is 42.5 Å². The molecule has 1 heterocycles. The van der Waals surface area contributed by atoms with Gasteiger partial charge in [-0.25, -0.2) is 0 Å². The summed E-state index contributed by atoms with van der Waals surface area (Å²) in [6.07, 6.45) is 0.454. The Morgan fingerprint density at radius 3 is 2.81 bits per heavy atom. The SMILES string of the molecule is COC(=O)CCNC(=O)Cc1ccc2c(c1)NC[C@@H](c1cccc(C)c1)N2. The van der Waals surface area contributed by atoms with Crippen molar-refractivity contribution < 1.29 is 14.3 Å². The minimum atomic E-state index is -0.331. The van der Waals surface area contributed by atoms with Gasteiger partial charge in [-0.3, -0.25) is 9.59 Å². The van der Waals surface area contributed by atoms with Gasteiger partial charge in [0, 0.05) is 13.1 Å². The molecule has 1 aliphatic heterocycles. The highest BCUT2D eigenvalue weighted by atomic mass is 16.5. The van der Waals surface area contributed by atoms with E-state index < -0.39 is 0 Å². The zero-order valence-corrected chi connectivity index (χ0v) is 15.7. The normalized spacial score (nSPS) is 15.1. The van der Waals surface area contributed by atoms with Crippen LogP contribution in [-0.4, -0.2) is 32.1 Å². The van der Waals surface area contributed by atoms with Crippen LogP contribution in [0.2, 0.25) is 0 Å². The number of fused-ring (bicyclic) bond motifs is 1. The van der Waals surface area contributed by atoms with Gasteiger partial charge in [-0.05, 0) is 30.2 Å². The maximum absolute atomic E-state index is 12.0. The van der Waals surface area contributed by atoms with Crippen LogP contribution in [0.1, 0.15) is 29.2 Å². The monoisotopic (exact) mass is 367 g/mol. The van der Waals surface area contributed by atoms with Gasteiger partial charge in [-0.2, -0.15) is 0 Å². The van der Waals surface area contributed by atoms with E-state index in [0.717, 1.165) is 23.5 Å². The lowest BCUT2D eigenvalue weighted by atomic mass is 10.0. The molecule has 0 saturated heterocycles. The highest BCUT2D eigenvalue weighted by Gasteiger charge is 2.19. The number of hydrogen-bond acceptors (Lipinski definition) is 5. The Kier molecular flexibility index (Phi) is 5.96. The average Bonchev–Trinajstić information content (AvgIpc) is 2.67. The van der Waals surface area contributed by atoms with Crippen LogP contribution in [0.4, 0.5) is 11.4 Å². The molecule has 1 amide bonds. The molecule has 0 bridgehead atoms. The van der Waals surface area contributed by atoms with Crippen LogP contribution in [0.5, 0.6) is 0 Å². The third-order valence-electron chi connectivity index (χ3n) is 4.60. The predicted molar refractivity (Wildman–Crippen MR) is 106 cm³/mol. The molecule has 0 unspecified atom stereocenters. The van der Waals surface area contributed by atoms with Crippen molar-refractivity contribution in [1.29, 1.82) is 0 Å². The summed E-state index contributed by atoms with van der Waals surface area (Å²) in [4.78, 5) is 23.1. The van der Waals surface area contributed by atoms with Crippen molar-refractivity contribution in [2.24, 2.45) is 0 Å². The fourth-order valence-corrected chi connectivity index (χ4v) is 3.17. The lowest BCUT2D eigenvalue weighted by Gasteiger charge is -2.29. The molecule has 3 N–H and O–H groups in total. The molecule has 0 aromatic heterocycles. The van der Waals surface area contributed by atoms with E-state index in [1.807, 2.05) is 18.2 Å². The van der Waals surface area contributed by atoms with Gasteiger partial charge in [0.05, 0.1) is 37.4 Å². The second-order valence-corrected chi connectivity index (χ2v) is 6.72. The lowest BCUT2D eigenvalue weighted by molar-refractivity contribution is -0.140. The van der Waals surface area contributed by atoms with Crippen molar-refractivity contribution in [2.45, 2.75) is 25.8 Å². The fourth-order valence-electron chi connectivity index (χ4n) is 3.17. The first-order valence-electron chi connectivity index (χ1n) is 9.08. The van der Waals surface area contributed by atoms with Gasteiger partial charge in [-0.1, -0.05) is 35.9 Å². The smallest absolute Gasteiger partial charge is 0.307 e. The number of benzene rings is 2. The summed E-state index contributed by atoms with van der Waals surface area (Å²) >= 11 is 0. The highest BCUT2D eigenvalue weighted by molar-refractivity contribution is 5.81. The number of ether oxygens (including phenoxy) is 1. The number of anilines is 2. The Morgan fingerprint density at radius 1 is 1.19 bits per heavy atom. The first kappa shape index (κ1) is 18.8. The van der Waals surface area contributed by atoms with Gasteiger partial charge in [0.1, 0.15) is 0 Å². The molecule has 1 aliphatic rings.